The van der Waals surface area contributed by atoms with Crippen LogP contribution < -0.4 is 29.6 Å². The zero-order chi connectivity index (χ0) is 4.50. The van der Waals surface area contributed by atoms with Gasteiger partial charge in [-0.1, -0.05) is 0 Å². The van der Waals surface area contributed by atoms with Crippen molar-refractivity contribution in [3.8, 4) is 0 Å². The van der Waals surface area contributed by atoms with E-state index in [1.807, 2.05) is 0 Å². The fraction of sp³-hybridized carbons (Fsp3) is 0. The van der Waals surface area contributed by atoms with Crippen molar-refractivity contribution in [3.05, 3.63) is 0 Å². The van der Waals surface area contributed by atoms with Crippen molar-refractivity contribution in [3.63, 3.8) is 0 Å². The molecular weight excluding hydrogens is 134 g/mol. The van der Waals surface area contributed by atoms with E-state index in [1.54, 1.807) is 0 Å². The maximum atomic E-state index is 7.56. The van der Waals surface area contributed by atoms with Crippen molar-refractivity contribution >= 4 is 18.5 Å². The molecule has 0 saturated carbocycles. The fourth-order valence-electron chi connectivity index (χ4n) is 0. The molecule has 0 aliphatic carbocycles. The molecule has 0 bridgehead atoms. The van der Waals surface area contributed by atoms with Gasteiger partial charge in [0.05, 0.1) is 0 Å². The summed E-state index contributed by atoms with van der Waals surface area (Å²) in [5, 5.41) is 0. The quantitative estimate of drug-likeness (QED) is 0.238. The van der Waals surface area contributed by atoms with Crippen molar-refractivity contribution in [2.75, 3.05) is 0 Å². The van der Waals surface area contributed by atoms with E-state index >= 15 is 0 Å². The smallest absolute Gasteiger partial charge is 1.00 e. The molecule has 0 rings (SSSR count). The third kappa shape index (κ3) is 48.5. The Balaban J connectivity index is -0.0000000800. The maximum absolute atomic E-state index is 7.56. The summed E-state index contributed by atoms with van der Waals surface area (Å²) in [7, 11) is 0. The first-order valence-electron chi connectivity index (χ1n) is 0.783. The molecule has 0 aromatic heterocycles. The number of hydrogen-bond acceptors (Lipinski definition) is 1. The minimum absolute atomic E-state index is 0. The minimum Gasteiger partial charge on any atom is -1.00 e. The molecule has 3 N–H and O–H groups in total. The van der Waals surface area contributed by atoms with Crippen LogP contribution in [0.5, 0.6) is 0 Å². The Kier molecular flexibility index (Phi) is 6.16. The average molecular weight is 138 g/mol. The van der Waals surface area contributed by atoms with Gasteiger partial charge in [-0.2, -0.15) is 0 Å². The van der Waals surface area contributed by atoms with Crippen LogP contribution in [0.25, 0.3) is 0 Å². The molecule has 0 spiro atoms. The van der Waals surface area contributed by atoms with Crippen LogP contribution in [0, 0.1) is 0 Å². The zero-order valence-electron chi connectivity index (χ0n) is 4.20. The summed E-state index contributed by atoms with van der Waals surface area (Å²) in [6, 6.07) is 0. The van der Waals surface area contributed by atoms with Crippen molar-refractivity contribution in [2.24, 2.45) is 0 Å². The molecule has 0 aliphatic heterocycles. The Bertz CT molecular complexity index is 61.1. The summed E-state index contributed by atoms with van der Waals surface area (Å²) < 4.78 is 0. The third-order valence-corrected chi connectivity index (χ3v) is 0. The van der Waals surface area contributed by atoms with Crippen LogP contribution in [-0.2, 0) is 11.8 Å². The molecule has 6 heteroatoms. The Hall–Kier alpha value is 1.53. The molecule has 0 unspecified atom stereocenters. The van der Waals surface area contributed by atoms with Crippen LogP contribution in [0.3, 0.4) is 0 Å². The van der Waals surface area contributed by atoms with Gasteiger partial charge in [-0.3, -0.25) is 0 Å². The van der Waals surface area contributed by atoms with Crippen LogP contribution in [0.2, 0.25) is 0 Å². The second kappa shape index (κ2) is 3.52. The van der Waals surface area contributed by atoms with E-state index in [-0.39, 0.29) is 31.0 Å². The molecule has 3 nitrogen and oxygen atoms in total. The second-order valence-corrected chi connectivity index (χ2v) is 3.01. The van der Waals surface area contributed by atoms with E-state index in [9.17, 15) is 0 Å². The largest absolute Gasteiger partial charge is 1.00 e. The Morgan fingerprint density at radius 2 is 1.33 bits per heavy atom. The SMILES string of the molecule is OP(O)(O)=S.[H-].[Na+]. The van der Waals surface area contributed by atoms with Crippen LogP contribution in [0.1, 0.15) is 1.43 Å². The van der Waals surface area contributed by atoms with Gasteiger partial charge < -0.3 is 16.1 Å². The predicted molar refractivity (Wildman–Crippen MR) is 22.1 cm³/mol. The van der Waals surface area contributed by atoms with Crippen molar-refractivity contribution < 1.29 is 45.7 Å². The van der Waals surface area contributed by atoms with Crippen molar-refractivity contribution in [1.29, 1.82) is 0 Å². The summed E-state index contributed by atoms with van der Waals surface area (Å²) in [6.07, 6.45) is 0. The van der Waals surface area contributed by atoms with Gasteiger partial charge in [0.2, 0.25) is 0 Å². The molecule has 0 heterocycles. The molecule has 0 radical (unpaired) electrons. The van der Waals surface area contributed by atoms with Gasteiger partial charge in [-0.25, -0.2) is 0 Å². The van der Waals surface area contributed by atoms with Gasteiger partial charge in [0.1, 0.15) is 0 Å². The van der Waals surface area contributed by atoms with Crippen molar-refractivity contribution in [1.82, 2.24) is 0 Å². The normalized spacial score (nSPS) is 9.83. The van der Waals surface area contributed by atoms with E-state index < -0.39 is 6.72 Å². The van der Waals surface area contributed by atoms with E-state index in [2.05, 4.69) is 11.8 Å². The van der Waals surface area contributed by atoms with Gasteiger partial charge in [0.15, 0.2) is 0 Å². The number of hydrogen-bond donors (Lipinski definition) is 3. The fourth-order valence-corrected chi connectivity index (χ4v) is 0. The van der Waals surface area contributed by atoms with Gasteiger partial charge in [-0.15, -0.1) is 0 Å². The first kappa shape index (κ1) is 10.5. The first-order chi connectivity index (χ1) is 2.00. The molecule has 0 fully saturated rings. The van der Waals surface area contributed by atoms with Crippen LogP contribution >= 0.6 is 6.72 Å². The Labute approximate surface area is 64.0 Å². The van der Waals surface area contributed by atoms with E-state index in [0.717, 1.165) is 0 Å². The molecule has 6 heavy (non-hydrogen) atoms. The third-order valence-electron chi connectivity index (χ3n) is 0. The summed E-state index contributed by atoms with van der Waals surface area (Å²) in [5.41, 5.74) is 0. The van der Waals surface area contributed by atoms with Gasteiger partial charge in [0, 0.05) is 0 Å². The Morgan fingerprint density at radius 3 is 1.33 bits per heavy atom. The average Bonchev–Trinajstić information content (AvgIpc) is 0.722. The van der Waals surface area contributed by atoms with Gasteiger partial charge in [-0.05, 0) is 11.8 Å². The first-order valence-corrected chi connectivity index (χ1v) is 3.44. The molecule has 0 aromatic rings. The van der Waals surface area contributed by atoms with Crippen LogP contribution in [-0.4, -0.2) is 14.7 Å². The molecule has 0 aromatic carbocycles. The van der Waals surface area contributed by atoms with Gasteiger partial charge >= 0.3 is 36.3 Å². The molecule has 0 atom stereocenters. The summed E-state index contributed by atoms with van der Waals surface area (Å²) in [5.74, 6) is 0. The number of rotatable bonds is 0. The zero-order valence-corrected chi connectivity index (χ0v) is 6.91. The standard InChI is InChI=1S/Na.H3O3PS.H/c;1-4(2,3)5;/h;(H3,1,2,3,5);/q+1;;-1. The summed E-state index contributed by atoms with van der Waals surface area (Å²) in [4.78, 5) is 22.7. The summed E-state index contributed by atoms with van der Waals surface area (Å²) in [6.45, 7) is -3.81. The molecule has 0 amide bonds. The molecule has 34 valence electrons. The van der Waals surface area contributed by atoms with E-state index in [0.29, 0.717) is 0 Å². The van der Waals surface area contributed by atoms with Gasteiger partial charge in [0.25, 0.3) is 0 Å². The predicted octanol–water partition coefficient (Wildman–Crippen LogP) is -3.70. The monoisotopic (exact) mass is 138 g/mol. The topological polar surface area (TPSA) is 60.7 Å². The Morgan fingerprint density at radius 1 is 1.33 bits per heavy atom. The van der Waals surface area contributed by atoms with Crippen LogP contribution in [0.15, 0.2) is 0 Å². The van der Waals surface area contributed by atoms with Crippen molar-refractivity contribution in [2.45, 2.75) is 0 Å². The van der Waals surface area contributed by atoms with E-state index in [4.69, 9.17) is 14.7 Å². The molecular formula is H4NaO3PS. The second-order valence-electron chi connectivity index (χ2n) is 0.513. The molecule has 0 aliphatic rings. The molecule has 0 saturated heterocycles. The van der Waals surface area contributed by atoms with E-state index in [1.165, 1.54) is 0 Å². The minimum atomic E-state index is -3.81. The van der Waals surface area contributed by atoms with Crippen LogP contribution in [0.4, 0.5) is 0 Å². The summed E-state index contributed by atoms with van der Waals surface area (Å²) >= 11 is 3.60. The maximum Gasteiger partial charge on any atom is 1.00 e.